The monoisotopic (exact) mass is 331 g/mol. The molecule has 1 aliphatic heterocycles. The summed E-state index contributed by atoms with van der Waals surface area (Å²) < 4.78 is 37.4. The quantitative estimate of drug-likeness (QED) is 0.820. The molecule has 8 heteroatoms. The van der Waals surface area contributed by atoms with Crippen LogP contribution in [0.4, 0.5) is 0 Å². The van der Waals surface area contributed by atoms with E-state index in [0.29, 0.717) is 25.8 Å². The summed E-state index contributed by atoms with van der Waals surface area (Å²) in [6.45, 7) is 2.60. The minimum atomic E-state index is -4.02. The molecule has 124 valence electrons. The van der Waals surface area contributed by atoms with Crippen molar-refractivity contribution < 1.29 is 27.5 Å². The van der Waals surface area contributed by atoms with Crippen LogP contribution < -0.4 is 0 Å². The van der Waals surface area contributed by atoms with Gasteiger partial charge in [-0.25, -0.2) is 13.2 Å². The van der Waals surface area contributed by atoms with Gasteiger partial charge in [-0.1, -0.05) is 13.3 Å². The number of hydrogen-bond donors (Lipinski definition) is 1. The van der Waals surface area contributed by atoms with Crippen molar-refractivity contribution in [1.82, 2.24) is 4.31 Å². The predicted octanol–water partition coefficient (Wildman–Crippen LogP) is 1.95. The summed E-state index contributed by atoms with van der Waals surface area (Å²) in [5.41, 5.74) is -0.972. The molecule has 0 aliphatic carbocycles. The number of furan rings is 1. The summed E-state index contributed by atoms with van der Waals surface area (Å²) in [5.74, 6) is -1.32. The van der Waals surface area contributed by atoms with Crippen molar-refractivity contribution in [3.63, 3.8) is 0 Å². The maximum absolute atomic E-state index is 12.9. The average Bonchev–Trinajstić information content (AvgIpc) is 3.06. The van der Waals surface area contributed by atoms with E-state index in [1.54, 1.807) is 0 Å². The Labute approximate surface area is 129 Å². The average molecular weight is 331 g/mol. The number of aromatic carboxylic acids is 1. The number of carboxylic acid groups (broad SMARTS) is 1. The van der Waals surface area contributed by atoms with Crippen molar-refractivity contribution in [3.8, 4) is 0 Å². The Morgan fingerprint density at radius 1 is 1.55 bits per heavy atom. The maximum Gasteiger partial charge on any atom is 0.340 e. The predicted molar refractivity (Wildman–Crippen MR) is 78.3 cm³/mol. The number of nitrogens with zero attached hydrogens (tertiary/aromatic N) is 1. The second kappa shape index (κ2) is 6.39. The molecular formula is C14H21NO6S. The lowest BCUT2D eigenvalue weighted by atomic mass is 9.93. The maximum atomic E-state index is 12.9. The van der Waals surface area contributed by atoms with Gasteiger partial charge < -0.3 is 14.3 Å². The van der Waals surface area contributed by atoms with E-state index in [1.807, 2.05) is 6.92 Å². The topological polar surface area (TPSA) is 97.0 Å². The molecule has 1 saturated heterocycles. The summed E-state index contributed by atoms with van der Waals surface area (Å²) in [7, 11) is -2.48. The fourth-order valence-electron chi connectivity index (χ4n) is 3.24. The highest BCUT2D eigenvalue weighted by Gasteiger charge is 2.49. The number of carboxylic acids is 1. The second-order valence-corrected chi connectivity index (χ2v) is 7.28. The summed E-state index contributed by atoms with van der Waals surface area (Å²) >= 11 is 0. The number of ether oxygens (including phenoxy) is 1. The van der Waals surface area contributed by atoms with Crippen LogP contribution in [-0.2, 0) is 14.8 Å². The van der Waals surface area contributed by atoms with Gasteiger partial charge in [0.15, 0.2) is 0 Å². The van der Waals surface area contributed by atoms with Crippen molar-refractivity contribution in [2.75, 3.05) is 20.3 Å². The molecule has 1 atom stereocenters. The van der Waals surface area contributed by atoms with Crippen LogP contribution in [0.25, 0.3) is 0 Å². The Kier molecular flexibility index (Phi) is 4.93. The minimum Gasteiger partial charge on any atom is -0.478 e. The zero-order chi connectivity index (χ0) is 16.4. The second-order valence-electron chi connectivity index (χ2n) is 5.51. The molecule has 22 heavy (non-hydrogen) atoms. The normalized spacial score (nSPS) is 23.0. The highest BCUT2D eigenvalue weighted by Crippen LogP contribution is 2.39. The molecule has 1 fully saturated rings. The van der Waals surface area contributed by atoms with Crippen LogP contribution in [0.2, 0.25) is 0 Å². The van der Waals surface area contributed by atoms with E-state index in [9.17, 15) is 13.2 Å². The van der Waals surface area contributed by atoms with Crippen LogP contribution in [-0.4, -0.2) is 49.6 Å². The molecule has 0 radical (unpaired) electrons. The molecule has 2 heterocycles. The minimum absolute atomic E-state index is 0.281. The van der Waals surface area contributed by atoms with Gasteiger partial charge in [-0.2, -0.15) is 4.31 Å². The van der Waals surface area contributed by atoms with E-state index >= 15 is 0 Å². The first-order valence-electron chi connectivity index (χ1n) is 7.21. The third-order valence-corrected chi connectivity index (χ3v) is 5.98. The van der Waals surface area contributed by atoms with Crippen molar-refractivity contribution >= 4 is 16.0 Å². The SMILES string of the molecule is CCCC1(COC)CCCN1S(=O)(=O)c1occc1C(=O)O. The molecule has 7 nitrogen and oxygen atoms in total. The van der Waals surface area contributed by atoms with Crippen LogP contribution in [0.15, 0.2) is 21.8 Å². The first-order valence-corrected chi connectivity index (χ1v) is 8.65. The molecule has 1 aliphatic rings. The molecular weight excluding hydrogens is 310 g/mol. The number of hydrogen-bond acceptors (Lipinski definition) is 5. The molecule has 1 aromatic heterocycles. The van der Waals surface area contributed by atoms with Gasteiger partial charge in [-0.05, 0) is 25.3 Å². The van der Waals surface area contributed by atoms with E-state index in [-0.39, 0.29) is 12.2 Å². The van der Waals surface area contributed by atoms with Crippen LogP contribution in [0.3, 0.4) is 0 Å². The van der Waals surface area contributed by atoms with Gasteiger partial charge in [-0.15, -0.1) is 0 Å². The van der Waals surface area contributed by atoms with Gasteiger partial charge in [0, 0.05) is 13.7 Å². The smallest absolute Gasteiger partial charge is 0.340 e. The number of rotatable bonds is 7. The van der Waals surface area contributed by atoms with E-state index in [2.05, 4.69) is 0 Å². The van der Waals surface area contributed by atoms with Crippen LogP contribution in [0.5, 0.6) is 0 Å². The summed E-state index contributed by atoms with van der Waals surface area (Å²) in [6, 6.07) is 1.16. The molecule has 0 spiro atoms. The van der Waals surface area contributed by atoms with E-state index < -0.39 is 26.6 Å². The third-order valence-electron chi connectivity index (χ3n) is 4.05. The van der Waals surface area contributed by atoms with Gasteiger partial charge in [0.1, 0.15) is 5.56 Å². The first-order chi connectivity index (χ1) is 10.4. The number of methoxy groups -OCH3 is 1. The van der Waals surface area contributed by atoms with Gasteiger partial charge >= 0.3 is 5.97 Å². The summed E-state index contributed by atoms with van der Waals surface area (Å²) in [6.07, 6.45) is 3.95. The van der Waals surface area contributed by atoms with Crippen LogP contribution in [0, 0.1) is 0 Å². The highest BCUT2D eigenvalue weighted by molar-refractivity contribution is 7.89. The van der Waals surface area contributed by atoms with Crippen molar-refractivity contribution in [2.24, 2.45) is 0 Å². The Hall–Kier alpha value is -1.38. The zero-order valence-corrected chi connectivity index (χ0v) is 13.6. The fourth-order valence-corrected chi connectivity index (χ4v) is 5.17. The molecule has 0 saturated carbocycles. The zero-order valence-electron chi connectivity index (χ0n) is 12.7. The summed E-state index contributed by atoms with van der Waals surface area (Å²) in [5, 5.41) is 8.63. The fraction of sp³-hybridized carbons (Fsp3) is 0.643. The van der Waals surface area contributed by atoms with Crippen molar-refractivity contribution in [1.29, 1.82) is 0 Å². The van der Waals surface area contributed by atoms with Gasteiger partial charge in [-0.3, -0.25) is 0 Å². The third kappa shape index (κ3) is 2.78. The molecule has 1 N–H and O–H groups in total. The molecule has 1 aromatic rings. The standard InChI is InChI=1S/C14H21NO6S/c1-3-6-14(10-20-2)7-4-8-15(14)22(18,19)13-11(12(16)17)5-9-21-13/h5,9H,3-4,6-8,10H2,1-2H3,(H,16,17). The largest absolute Gasteiger partial charge is 0.478 e. The van der Waals surface area contributed by atoms with E-state index in [0.717, 1.165) is 18.8 Å². The van der Waals surface area contributed by atoms with Gasteiger partial charge in [0.05, 0.1) is 18.4 Å². The van der Waals surface area contributed by atoms with Crippen molar-refractivity contribution in [3.05, 3.63) is 17.9 Å². The Balaban J connectivity index is 2.47. The number of carbonyl (C=O) groups is 1. The molecule has 2 rings (SSSR count). The van der Waals surface area contributed by atoms with Gasteiger partial charge in [0.2, 0.25) is 5.09 Å². The first kappa shape index (κ1) is 17.0. The highest BCUT2D eigenvalue weighted by atomic mass is 32.2. The lowest BCUT2D eigenvalue weighted by Crippen LogP contribution is -2.50. The van der Waals surface area contributed by atoms with Crippen LogP contribution in [0.1, 0.15) is 43.0 Å². The Bertz CT molecular complexity index is 630. The molecule has 0 bridgehead atoms. The van der Waals surface area contributed by atoms with Crippen LogP contribution >= 0.6 is 0 Å². The van der Waals surface area contributed by atoms with Gasteiger partial charge in [0.25, 0.3) is 10.0 Å². The lowest BCUT2D eigenvalue weighted by molar-refractivity contribution is 0.0679. The Morgan fingerprint density at radius 2 is 2.27 bits per heavy atom. The number of sulfonamides is 1. The molecule has 0 aromatic carbocycles. The Morgan fingerprint density at radius 3 is 2.86 bits per heavy atom. The molecule has 1 unspecified atom stereocenters. The van der Waals surface area contributed by atoms with E-state index in [1.165, 1.54) is 11.4 Å². The lowest BCUT2D eigenvalue weighted by Gasteiger charge is -2.36. The van der Waals surface area contributed by atoms with E-state index in [4.69, 9.17) is 14.3 Å². The van der Waals surface area contributed by atoms with Crippen molar-refractivity contribution in [2.45, 2.75) is 43.2 Å². The summed E-state index contributed by atoms with van der Waals surface area (Å²) in [4.78, 5) is 11.2. The molecule has 0 amide bonds.